The average molecular weight is 525 g/mol. The van der Waals surface area contributed by atoms with Gasteiger partial charge in [-0.2, -0.15) is 0 Å². The van der Waals surface area contributed by atoms with E-state index >= 15 is 4.39 Å². The molecule has 0 bridgehead atoms. The summed E-state index contributed by atoms with van der Waals surface area (Å²) < 4.78 is 26.0. The van der Waals surface area contributed by atoms with Crippen LogP contribution in [0.1, 0.15) is 41.5 Å². The number of anilines is 2. The van der Waals surface area contributed by atoms with Crippen molar-refractivity contribution in [3.63, 3.8) is 0 Å². The molecule has 4 amide bonds. The number of amides is 4. The van der Waals surface area contributed by atoms with Crippen molar-refractivity contribution in [2.24, 2.45) is 0 Å². The van der Waals surface area contributed by atoms with Crippen LogP contribution in [0.25, 0.3) is 0 Å². The number of ether oxygens (including phenoxy) is 2. The van der Waals surface area contributed by atoms with E-state index in [-0.39, 0.29) is 13.1 Å². The summed E-state index contributed by atoms with van der Waals surface area (Å²) in [6.07, 6.45) is -1.81. The van der Waals surface area contributed by atoms with Gasteiger partial charge in [-0.1, -0.05) is 12.1 Å². The number of piperazine rings is 1. The topological polar surface area (TPSA) is 99.7 Å². The monoisotopic (exact) mass is 524 g/mol. The minimum absolute atomic E-state index is 0.0690. The van der Waals surface area contributed by atoms with Crippen LogP contribution < -0.4 is 9.80 Å². The highest BCUT2D eigenvalue weighted by atomic mass is 19.1. The molecule has 0 spiro atoms. The fourth-order valence-electron chi connectivity index (χ4n) is 4.81. The Bertz CT molecular complexity index is 1270. The highest BCUT2D eigenvalue weighted by Gasteiger charge is 2.41. The number of halogens is 1. The van der Waals surface area contributed by atoms with Crippen LogP contribution in [-0.4, -0.2) is 84.8 Å². The van der Waals surface area contributed by atoms with Gasteiger partial charge in [-0.05, 0) is 51.1 Å². The maximum Gasteiger partial charge on any atom is 0.414 e. The number of rotatable bonds is 4. The van der Waals surface area contributed by atoms with Gasteiger partial charge < -0.3 is 19.3 Å². The van der Waals surface area contributed by atoms with Gasteiger partial charge in [0.1, 0.15) is 17.5 Å². The molecule has 3 heterocycles. The molecular formula is C27H29FN4O6. The van der Waals surface area contributed by atoms with Gasteiger partial charge in [0.15, 0.2) is 0 Å². The zero-order chi connectivity index (χ0) is 27.2. The standard InChI is InChI=1S/C27H29FN4O6/c1-27(2,3)38-25(35)30-12-10-29(11-13-30)22-9-8-17(14-21(22)28)31-15-18(37-26(31)36)16-32-23(33)19-6-4-5-7-20(19)24(32)34/h4-9,14,18H,10-13,15-16H2,1-3H3/t18-/m0/s1. The number of cyclic esters (lactones) is 1. The molecule has 0 saturated carbocycles. The summed E-state index contributed by atoms with van der Waals surface area (Å²) in [6, 6.07) is 11.0. The van der Waals surface area contributed by atoms with Gasteiger partial charge >= 0.3 is 12.2 Å². The van der Waals surface area contributed by atoms with E-state index < -0.39 is 41.5 Å². The molecule has 38 heavy (non-hydrogen) atoms. The van der Waals surface area contributed by atoms with E-state index in [0.29, 0.717) is 48.7 Å². The lowest BCUT2D eigenvalue weighted by atomic mass is 10.1. The second-order valence-corrected chi connectivity index (χ2v) is 10.5. The van der Waals surface area contributed by atoms with Crippen LogP contribution in [0.4, 0.5) is 25.4 Å². The first-order valence-corrected chi connectivity index (χ1v) is 12.5. The molecule has 0 aromatic heterocycles. The van der Waals surface area contributed by atoms with Crippen LogP contribution >= 0.6 is 0 Å². The molecule has 200 valence electrons. The fraction of sp³-hybridized carbons (Fsp3) is 0.407. The Kier molecular flexibility index (Phi) is 6.46. The van der Waals surface area contributed by atoms with Crippen molar-refractivity contribution in [1.82, 2.24) is 9.80 Å². The zero-order valence-corrected chi connectivity index (χ0v) is 21.5. The predicted octanol–water partition coefficient (Wildman–Crippen LogP) is 3.50. The third-order valence-electron chi connectivity index (χ3n) is 6.65. The molecule has 2 saturated heterocycles. The SMILES string of the molecule is CC(C)(C)OC(=O)N1CCN(c2ccc(N3C[C@@H](CN4C(=O)c5ccccc5C4=O)OC3=O)cc2F)CC1. The number of hydrogen-bond donors (Lipinski definition) is 0. The summed E-state index contributed by atoms with van der Waals surface area (Å²) in [5.74, 6) is -1.37. The molecule has 10 nitrogen and oxygen atoms in total. The van der Waals surface area contributed by atoms with Crippen LogP contribution in [0.3, 0.4) is 0 Å². The smallest absolute Gasteiger partial charge is 0.414 e. The molecule has 11 heteroatoms. The molecule has 0 unspecified atom stereocenters. The summed E-state index contributed by atoms with van der Waals surface area (Å²) in [7, 11) is 0. The van der Waals surface area contributed by atoms with E-state index in [0.717, 1.165) is 4.90 Å². The number of carbonyl (C=O) groups excluding carboxylic acids is 4. The van der Waals surface area contributed by atoms with E-state index in [1.807, 2.05) is 4.90 Å². The Balaban J connectivity index is 1.20. The highest BCUT2D eigenvalue weighted by Crippen LogP contribution is 2.30. The summed E-state index contributed by atoms with van der Waals surface area (Å²) in [4.78, 5) is 56.0. The zero-order valence-electron chi connectivity index (χ0n) is 21.5. The van der Waals surface area contributed by atoms with Crippen molar-refractivity contribution in [2.75, 3.05) is 49.1 Å². The van der Waals surface area contributed by atoms with Crippen LogP contribution in [0.5, 0.6) is 0 Å². The first kappa shape index (κ1) is 25.5. The molecule has 2 aromatic rings. The number of hydrogen-bond acceptors (Lipinski definition) is 7. The van der Waals surface area contributed by atoms with E-state index in [1.54, 1.807) is 62.1 Å². The number of benzene rings is 2. The minimum atomic E-state index is -0.742. The molecule has 5 rings (SSSR count). The molecule has 2 fully saturated rings. The van der Waals surface area contributed by atoms with E-state index in [9.17, 15) is 19.2 Å². The lowest BCUT2D eigenvalue weighted by Crippen LogP contribution is -2.50. The van der Waals surface area contributed by atoms with Gasteiger partial charge in [-0.15, -0.1) is 0 Å². The second kappa shape index (κ2) is 9.62. The van der Waals surface area contributed by atoms with Crippen molar-refractivity contribution in [2.45, 2.75) is 32.5 Å². The van der Waals surface area contributed by atoms with E-state index in [2.05, 4.69) is 0 Å². The summed E-state index contributed by atoms with van der Waals surface area (Å²) in [5, 5.41) is 0. The maximum atomic E-state index is 15.1. The number of imide groups is 1. The normalized spacial score (nSPS) is 19.7. The highest BCUT2D eigenvalue weighted by molar-refractivity contribution is 6.21. The van der Waals surface area contributed by atoms with Gasteiger partial charge in [-0.3, -0.25) is 19.4 Å². The molecule has 3 aliphatic heterocycles. The van der Waals surface area contributed by atoms with Gasteiger partial charge in [0.25, 0.3) is 11.8 Å². The summed E-state index contributed by atoms with van der Waals surface area (Å²) in [6.45, 7) is 7.06. The first-order valence-electron chi connectivity index (χ1n) is 12.5. The van der Waals surface area contributed by atoms with Crippen molar-refractivity contribution < 1.29 is 33.0 Å². The van der Waals surface area contributed by atoms with Crippen molar-refractivity contribution >= 4 is 35.4 Å². The van der Waals surface area contributed by atoms with Gasteiger partial charge in [-0.25, -0.2) is 14.0 Å². The Labute approximate surface area is 219 Å². The third kappa shape index (κ3) is 4.88. The maximum absolute atomic E-state index is 15.1. The Morgan fingerprint density at radius 2 is 1.63 bits per heavy atom. The summed E-state index contributed by atoms with van der Waals surface area (Å²) in [5.41, 5.74) is 0.740. The lowest BCUT2D eigenvalue weighted by molar-refractivity contribution is 0.0240. The van der Waals surface area contributed by atoms with Crippen LogP contribution in [-0.2, 0) is 9.47 Å². The molecule has 1 atom stereocenters. The van der Waals surface area contributed by atoms with Crippen LogP contribution in [0, 0.1) is 5.82 Å². The molecule has 0 radical (unpaired) electrons. The molecule has 3 aliphatic rings. The lowest BCUT2D eigenvalue weighted by Gasteiger charge is -2.37. The molecule has 0 aliphatic carbocycles. The molecule has 2 aromatic carbocycles. The van der Waals surface area contributed by atoms with Gasteiger partial charge in [0.2, 0.25) is 0 Å². The van der Waals surface area contributed by atoms with E-state index in [4.69, 9.17) is 9.47 Å². The van der Waals surface area contributed by atoms with Crippen LogP contribution in [0.15, 0.2) is 42.5 Å². The van der Waals surface area contributed by atoms with Crippen molar-refractivity contribution in [3.05, 3.63) is 59.4 Å². The minimum Gasteiger partial charge on any atom is -0.444 e. The van der Waals surface area contributed by atoms with Crippen molar-refractivity contribution in [1.29, 1.82) is 0 Å². The second-order valence-electron chi connectivity index (χ2n) is 10.5. The molecule has 0 N–H and O–H groups in total. The fourth-order valence-corrected chi connectivity index (χ4v) is 4.81. The predicted molar refractivity (Wildman–Crippen MR) is 136 cm³/mol. The van der Waals surface area contributed by atoms with Gasteiger partial charge in [0, 0.05) is 26.2 Å². The molecular weight excluding hydrogens is 495 g/mol. The Hall–Kier alpha value is -4.15. The largest absolute Gasteiger partial charge is 0.444 e. The average Bonchev–Trinajstić information content (AvgIpc) is 3.36. The van der Waals surface area contributed by atoms with Crippen molar-refractivity contribution in [3.8, 4) is 0 Å². The van der Waals surface area contributed by atoms with Gasteiger partial charge in [0.05, 0.1) is 35.6 Å². The van der Waals surface area contributed by atoms with Crippen LogP contribution in [0.2, 0.25) is 0 Å². The number of nitrogens with zero attached hydrogens (tertiary/aromatic N) is 4. The number of fused-ring (bicyclic) bond motifs is 1. The van der Waals surface area contributed by atoms with E-state index in [1.165, 1.54) is 11.0 Å². The first-order chi connectivity index (χ1) is 18.0. The quantitative estimate of drug-likeness (QED) is 0.565. The Morgan fingerprint density at radius 1 is 1.00 bits per heavy atom. The number of carbonyl (C=O) groups is 4. The summed E-state index contributed by atoms with van der Waals surface area (Å²) >= 11 is 0. The Morgan fingerprint density at radius 3 is 2.21 bits per heavy atom. The third-order valence-corrected chi connectivity index (χ3v) is 6.65.